The van der Waals surface area contributed by atoms with Crippen LogP contribution in [-0.2, 0) is 4.79 Å². The first-order valence-corrected chi connectivity index (χ1v) is 9.45. The minimum Gasteiger partial charge on any atom is -0.481 e. The number of hydrogen-bond donors (Lipinski definition) is 1. The lowest BCUT2D eigenvalue weighted by Gasteiger charge is -2.34. The SMILES string of the molecule is Cc1ccc(-n2ncc(C(=O)N3CC(C)CC(C(=O)O)C3)c2C(C)C)cc1. The Hall–Kier alpha value is -2.63. The normalized spacial score (nSPS) is 20.1. The fourth-order valence-electron chi connectivity index (χ4n) is 3.84. The molecule has 1 aromatic heterocycles. The van der Waals surface area contributed by atoms with Crippen molar-refractivity contribution in [3.05, 3.63) is 47.3 Å². The highest BCUT2D eigenvalue weighted by atomic mass is 16.4. The average Bonchev–Trinajstić information content (AvgIpc) is 3.06. The highest BCUT2D eigenvalue weighted by Gasteiger charge is 2.34. The lowest BCUT2D eigenvalue weighted by Crippen LogP contribution is -2.45. The van der Waals surface area contributed by atoms with E-state index in [0.29, 0.717) is 18.5 Å². The minimum absolute atomic E-state index is 0.102. The number of rotatable bonds is 4. The quantitative estimate of drug-likeness (QED) is 0.895. The first kappa shape index (κ1) is 19.1. The van der Waals surface area contributed by atoms with Crippen molar-refractivity contribution < 1.29 is 14.7 Å². The van der Waals surface area contributed by atoms with Crippen LogP contribution in [0.15, 0.2) is 30.5 Å². The molecule has 1 N–H and O–H groups in total. The molecule has 0 bridgehead atoms. The van der Waals surface area contributed by atoms with Gasteiger partial charge < -0.3 is 10.0 Å². The van der Waals surface area contributed by atoms with E-state index in [-0.39, 0.29) is 24.3 Å². The number of aromatic nitrogens is 2. The van der Waals surface area contributed by atoms with Gasteiger partial charge in [0.15, 0.2) is 0 Å². The molecule has 2 unspecified atom stereocenters. The first-order valence-electron chi connectivity index (χ1n) is 9.45. The Labute approximate surface area is 159 Å². The summed E-state index contributed by atoms with van der Waals surface area (Å²) in [7, 11) is 0. The molecule has 1 aromatic carbocycles. The van der Waals surface area contributed by atoms with Gasteiger partial charge in [0.2, 0.25) is 0 Å². The van der Waals surface area contributed by atoms with Crippen LogP contribution in [0, 0.1) is 18.8 Å². The van der Waals surface area contributed by atoms with E-state index < -0.39 is 11.9 Å². The summed E-state index contributed by atoms with van der Waals surface area (Å²) >= 11 is 0. The summed E-state index contributed by atoms with van der Waals surface area (Å²) in [5.74, 6) is -1.20. The van der Waals surface area contributed by atoms with Gasteiger partial charge in [-0.3, -0.25) is 9.59 Å². The molecule has 2 aromatic rings. The highest BCUT2D eigenvalue weighted by Crippen LogP contribution is 2.28. The number of carbonyl (C=O) groups is 2. The third-order valence-corrected chi connectivity index (χ3v) is 5.16. The second-order valence-corrected chi connectivity index (χ2v) is 7.93. The van der Waals surface area contributed by atoms with Crippen molar-refractivity contribution in [3.63, 3.8) is 0 Å². The second kappa shape index (κ2) is 7.55. The summed E-state index contributed by atoms with van der Waals surface area (Å²) in [6.07, 6.45) is 2.23. The largest absolute Gasteiger partial charge is 0.481 e. The number of nitrogens with zero attached hydrogens (tertiary/aromatic N) is 3. The monoisotopic (exact) mass is 369 g/mol. The number of piperidine rings is 1. The number of carboxylic acid groups (broad SMARTS) is 1. The van der Waals surface area contributed by atoms with Gasteiger partial charge in [0.25, 0.3) is 5.91 Å². The zero-order chi connectivity index (χ0) is 19.7. The van der Waals surface area contributed by atoms with E-state index in [1.807, 2.05) is 56.6 Å². The third kappa shape index (κ3) is 3.89. The Morgan fingerprint density at radius 3 is 2.44 bits per heavy atom. The van der Waals surface area contributed by atoms with Gasteiger partial charge in [-0.25, -0.2) is 4.68 Å². The van der Waals surface area contributed by atoms with Crippen molar-refractivity contribution in [2.24, 2.45) is 11.8 Å². The van der Waals surface area contributed by atoms with Crippen LogP contribution in [-0.4, -0.2) is 44.8 Å². The van der Waals surface area contributed by atoms with Gasteiger partial charge in [0.05, 0.1) is 29.1 Å². The van der Waals surface area contributed by atoms with Gasteiger partial charge in [-0.15, -0.1) is 0 Å². The van der Waals surface area contributed by atoms with Crippen LogP contribution < -0.4 is 0 Å². The van der Waals surface area contributed by atoms with E-state index in [1.165, 1.54) is 0 Å². The number of aryl methyl sites for hydroxylation is 1. The van der Waals surface area contributed by atoms with E-state index in [1.54, 1.807) is 11.1 Å². The van der Waals surface area contributed by atoms with E-state index in [0.717, 1.165) is 16.9 Å². The van der Waals surface area contributed by atoms with Crippen LogP contribution in [0.3, 0.4) is 0 Å². The number of carbonyl (C=O) groups excluding carboxylic acids is 1. The molecule has 0 radical (unpaired) electrons. The Morgan fingerprint density at radius 2 is 1.85 bits per heavy atom. The molecule has 0 aliphatic carbocycles. The molecule has 3 rings (SSSR count). The number of amides is 1. The zero-order valence-electron chi connectivity index (χ0n) is 16.3. The predicted octanol–water partition coefficient (Wildman–Crippen LogP) is 3.49. The number of carboxylic acids is 1. The second-order valence-electron chi connectivity index (χ2n) is 7.93. The molecule has 0 spiro atoms. The maximum absolute atomic E-state index is 13.2. The zero-order valence-corrected chi connectivity index (χ0v) is 16.3. The van der Waals surface area contributed by atoms with Gasteiger partial charge in [-0.05, 0) is 37.3 Å². The maximum Gasteiger partial charge on any atom is 0.308 e. The van der Waals surface area contributed by atoms with Gasteiger partial charge >= 0.3 is 5.97 Å². The fraction of sp³-hybridized carbons (Fsp3) is 0.476. The molecule has 1 aliphatic heterocycles. The topological polar surface area (TPSA) is 75.4 Å². The predicted molar refractivity (Wildman–Crippen MR) is 103 cm³/mol. The molecule has 1 aliphatic rings. The molecule has 1 amide bonds. The van der Waals surface area contributed by atoms with E-state index in [9.17, 15) is 14.7 Å². The molecule has 6 heteroatoms. The van der Waals surface area contributed by atoms with Crippen molar-refractivity contribution in [2.75, 3.05) is 13.1 Å². The summed E-state index contributed by atoms with van der Waals surface area (Å²) in [5.41, 5.74) is 3.49. The van der Waals surface area contributed by atoms with Crippen molar-refractivity contribution >= 4 is 11.9 Å². The van der Waals surface area contributed by atoms with Crippen molar-refractivity contribution in [3.8, 4) is 5.69 Å². The summed E-state index contributed by atoms with van der Waals surface area (Å²) in [6.45, 7) is 8.94. The van der Waals surface area contributed by atoms with Crippen LogP contribution in [0.2, 0.25) is 0 Å². The molecule has 0 saturated carbocycles. The van der Waals surface area contributed by atoms with Gasteiger partial charge in [0.1, 0.15) is 0 Å². The molecule has 6 nitrogen and oxygen atoms in total. The summed E-state index contributed by atoms with van der Waals surface area (Å²) in [5, 5.41) is 13.9. The van der Waals surface area contributed by atoms with Crippen LogP contribution >= 0.6 is 0 Å². The summed E-state index contributed by atoms with van der Waals surface area (Å²) in [4.78, 5) is 26.3. The van der Waals surface area contributed by atoms with E-state index in [2.05, 4.69) is 5.10 Å². The van der Waals surface area contributed by atoms with Crippen LogP contribution in [0.25, 0.3) is 5.69 Å². The molecule has 27 heavy (non-hydrogen) atoms. The number of aliphatic carboxylic acids is 1. The van der Waals surface area contributed by atoms with E-state index >= 15 is 0 Å². The lowest BCUT2D eigenvalue weighted by molar-refractivity contribution is -0.143. The van der Waals surface area contributed by atoms with Crippen LogP contribution in [0.5, 0.6) is 0 Å². The Bertz CT molecular complexity index is 839. The van der Waals surface area contributed by atoms with Crippen molar-refractivity contribution in [1.29, 1.82) is 0 Å². The molecule has 1 fully saturated rings. The number of benzene rings is 1. The molecule has 144 valence electrons. The number of likely N-dealkylation sites (tertiary alicyclic amines) is 1. The average molecular weight is 369 g/mol. The minimum atomic E-state index is -0.834. The lowest BCUT2D eigenvalue weighted by atomic mass is 9.90. The smallest absolute Gasteiger partial charge is 0.308 e. The van der Waals surface area contributed by atoms with Crippen molar-refractivity contribution in [1.82, 2.24) is 14.7 Å². The fourth-order valence-corrected chi connectivity index (χ4v) is 3.84. The van der Waals surface area contributed by atoms with E-state index in [4.69, 9.17) is 0 Å². The van der Waals surface area contributed by atoms with Crippen molar-refractivity contribution in [2.45, 2.75) is 40.0 Å². The molecular weight excluding hydrogens is 342 g/mol. The van der Waals surface area contributed by atoms with Gasteiger partial charge in [-0.2, -0.15) is 5.10 Å². The Balaban J connectivity index is 1.95. The molecular formula is C21H27N3O3. The standard InChI is InChI=1S/C21H27N3O3/c1-13(2)19-18(10-22-24(19)17-7-5-14(3)6-8-17)20(25)23-11-15(4)9-16(12-23)21(26)27/h5-8,10,13,15-16H,9,11-12H2,1-4H3,(H,26,27). The first-order chi connectivity index (χ1) is 12.8. The molecule has 2 heterocycles. The summed E-state index contributed by atoms with van der Waals surface area (Å²) in [6, 6.07) is 8.02. The Kier molecular flexibility index (Phi) is 5.35. The van der Waals surface area contributed by atoms with Crippen LogP contribution in [0.1, 0.15) is 54.7 Å². The highest BCUT2D eigenvalue weighted by molar-refractivity contribution is 5.96. The summed E-state index contributed by atoms with van der Waals surface area (Å²) < 4.78 is 1.82. The van der Waals surface area contributed by atoms with Gasteiger partial charge in [0, 0.05) is 13.1 Å². The Morgan fingerprint density at radius 1 is 1.19 bits per heavy atom. The molecule has 2 atom stereocenters. The third-order valence-electron chi connectivity index (χ3n) is 5.16. The number of hydrogen-bond acceptors (Lipinski definition) is 3. The van der Waals surface area contributed by atoms with Crippen LogP contribution in [0.4, 0.5) is 0 Å². The molecule has 1 saturated heterocycles. The maximum atomic E-state index is 13.2. The van der Waals surface area contributed by atoms with Gasteiger partial charge in [-0.1, -0.05) is 38.5 Å².